The van der Waals surface area contributed by atoms with Gasteiger partial charge in [-0.2, -0.15) is 4.98 Å². The minimum absolute atomic E-state index is 0.350. The van der Waals surface area contributed by atoms with Gasteiger partial charge in [0.25, 0.3) is 0 Å². The molecule has 1 heterocycles. The van der Waals surface area contributed by atoms with Crippen LogP contribution in [0, 0.1) is 0 Å². The maximum Gasteiger partial charge on any atom is 0.224 e. The lowest BCUT2D eigenvalue weighted by molar-refractivity contribution is 0.372. The summed E-state index contributed by atoms with van der Waals surface area (Å²) in [6.45, 7) is 2.09. The number of nitrogens with zero attached hydrogens (tertiary/aromatic N) is 2. The quantitative estimate of drug-likeness (QED) is 0.470. The van der Waals surface area contributed by atoms with E-state index in [9.17, 15) is 0 Å². The van der Waals surface area contributed by atoms with Gasteiger partial charge in [-0.15, -0.1) is 0 Å². The lowest BCUT2D eigenvalue weighted by Gasteiger charge is -2.11. The van der Waals surface area contributed by atoms with Crippen molar-refractivity contribution in [3.05, 3.63) is 35.0 Å². The lowest BCUT2D eigenvalue weighted by Crippen LogP contribution is -1.95. The average Bonchev–Trinajstić information content (AvgIpc) is 2.47. The van der Waals surface area contributed by atoms with Gasteiger partial charge in [0, 0.05) is 6.07 Å². The molecule has 0 unspecified atom stereocenters. The number of hydrogen-bond donors (Lipinski definition) is 0. The van der Waals surface area contributed by atoms with E-state index in [1.165, 1.54) is 17.3 Å². The summed E-state index contributed by atoms with van der Waals surface area (Å²) in [5.41, 5.74) is 1.18. The highest BCUT2D eigenvalue weighted by molar-refractivity contribution is 7.98. The first-order chi connectivity index (χ1) is 9.66. The van der Waals surface area contributed by atoms with E-state index in [1.807, 2.05) is 24.5 Å². The Morgan fingerprint density at radius 1 is 1.20 bits per heavy atom. The molecule has 1 aromatic heterocycles. The second kappa shape index (κ2) is 6.81. The molecule has 0 saturated carbocycles. The molecule has 2 aromatic rings. The van der Waals surface area contributed by atoms with Crippen LogP contribution in [0.4, 0.5) is 0 Å². The molecule has 0 amide bonds. The second-order valence-electron chi connectivity index (χ2n) is 3.96. The first-order valence-corrected chi connectivity index (χ1v) is 7.70. The van der Waals surface area contributed by atoms with E-state index in [0.29, 0.717) is 27.7 Å². The molecule has 0 N–H and O–H groups in total. The molecule has 0 atom stereocenters. The zero-order valence-electron chi connectivity index (χ0n) is 11.5. The van der Waals surface area contributed by atoms with Crippen LogP contribution in [0.5, 0.6) is 17.4 Å². The van der Waals surface area contributed by atoms with Crippen molar-refractivity contribution in [1.82, 2.24) is 9.97 Å². The second-order valence-corrected chi connectivity index (χ2v) is 5.12. The van der Waals surface area contributed by atoms with Gasteiger partial charge >= 0.3 is 0 Å². The van der Waals surface area contributed by atoms with E-state index in [0.717, 1.165) is 6.42 Å². The van der Waals surface area contributed by atoms with Crippen molar-refractivity contribution in [3.63, 3.8) is 0 Å². The van der Waals surface area contributed by atoms with Crippen LogP contribution in [0.2, 0.25) is 5.15 Å². The van der Waals surface area contributed by atoms with Crippen molar-refractivity contribution in [2.24, 2.45) is 0 Å². The molecule has 0 fully saturated rings. The van der Waals surface area contributed by atoms with Crippen LogP contribution in [-0.2, 0) is 6.42 Å². The molecule has 0 aliphatic heterocycles. The number of methoxy groups -OCH3 is 1. The van der Waals surface area contributed by atoms with Crippen molar-refractivity contribution in [2.45, 2.75) is 18.5 Å². The Morgan fingerprint density at radius 3 is 2.65 bits per heavy atom. The first-order valence-electron chi connectivity index (χ1n) is 6.09. The van der Waals surface area contributed by atoms with Crippen molar-refractivity contribution in [2.75, 3.05) is 13.4 Å². The van der Waals surface area contributed by atoms with Gasteiger partial charge < -0.3 is 9.47 Å². The number of halogens is 1. The summed E-state index contributed by atoms with van der Waals surface area (Å²) in [5, 5.41) is 0.917. The summed E-state index contributed by atoms with van der Waals surface area (Å²) >= 11 is 7.35. The van der Waals surface area contributed by atoms with E-state index >= 15 is 0 Å². The largest absolute Gasteiger partial charge is 0.493 e. The normalized spacial score (nSPS) is 10.4. The van der Waals surface area contributed by atoms with E-state index in [1.54, 1.807) is 13.2 Å². The van der Waals surface area contributed by atoms with Crippen LogP contribution in [0.1, 0.15) is 12.5 Å². The lowest BCUT2D eigenvalue weighted by atomic mass is 10.1. The van der Waals surface area contributed by atoms with Crippen LogP contribution < -0.4 is 9.47 Å². The molecule has 1 aromatic carbocycles. The van der Waals surface area contributed by atoms with Gasteiger partial charge in [-0.3, -0.25) is 0 Å². The fourth-order valence-corrected chi connectivity index (χ4v) is 2.24. The summed E-state index contributed by atoms with van der Waals surface area (Å²) in [7, 11) is 1.61. The predicted molar refractivity (Wildman–Crippen MR) is 81.3 cm³/mol. The molecule has 0 aliphatic carbocycles. The van der Waals surface area contributed by atoms with Crippen LogP contribution in [-0.4, -0.2) is 23.3 Å². The molecule has 2 rings (SSSR count). The highest BCUT2D eigenvalue weighted by Crippen LogP contribution is 2.32. The van der Waals surface area contributed by atoms with Crippen molar-refractivity contribution in [1.29, 1.82) is 0 Å². The van der Waals surface area contributed by atoms with Gasteiger partial charge in [0.05, 0.1) is 7.11 Å². The maximum atomic E-state index is 5.94. The summed E-state index contributed by atoms with van der Waals surface area (Å²) in [6, 6.07) is 7.39. The molecule has 0 bridgehead atoms. The predicted octanol–water partition coefficient (Wildman–Crippen LogP) is 4.22. The van der Waals surface area contributed by atoms with Gasteiger partial charge in [0.15, 0.2) is 16.7 Å². The number of benzene rings is 1. The molecule has 0 saturated heterocycles. The number of aromatic nitrogens is 2. The minimum atomic E-state index is 0.350. The van der Waals surface area contributed by atoms with Crippen LogP contribution in [0.25, 0.3) is 0 Å². The molecule has 20 heavy (non-hydrogen) atoms. The maximum absolute atomic E-state index is 5.94. The Kier molecular flexibility index (Phi) is 5.09. The van der Waals surface area contributed by atoms with E-state index in [-0.39, 0.29) is 0 Å². The van der Waals surface area contributed by atoms with Gasteiger partial charge in [0.1, 0.15) is 5.15 Å². The third-order valence-corrected chi connectivity index (χ3v) is 3.43. The Labute approximate surface area is 127 Å². The number of ether oxygens (including phenoxy) is 2. The monoisotopic (exact) mass is 310 g/mol. The fourth-order valence-electron chi connectivity index (χ4n) is 1.65. The third kappa shape index (κ3) is 3.55. The Bertz CT molecular complexity index is 608. The third-order valence-electron chi connectivity index (χ3n) is 2.68. The summed E-state index contributed by atoms with van der Waals surface area (Å²) < 4.78 is 11.1. The van der Waals surface area contributed by atoms with Crippen molar-refractivity contribution >= 4 is 23.4 Å². The topological polar surface area (TPSA) is 44.2 Å². The van der Waals surface area contributed by atoms with Gasteiger partial charge in [-0.05, 0) is 30.4 Å². The summed E-state index contributed by atoms with van der Waals surface area (Å²) in [4.78, 5) is 8.32. The molecule has 6 heteroatoms. The molecule has 0 radical (unpaired) electrons. The summed E-state index contributed by atoms with van der Waals surface area (Å²) in [5.74, 6) is 1.67. The number of thioether (sulfide) groups is 1. The molecular formula is C14H15ClN2O2S. The first kappa shape index (κ1) is 14.9. The molecule has 0 spiro atoms. The Balaban J connectivity index is 2.31. The summed E-state index contributed by atoms with van der Waals surface area (Å²) in [6.07, 6.45) is 2.82. The van der Waals surface area contributed by atoms with E-state index in [4.69, 9.17) is 21.1 Å². The van der Waals surface area contributed by atoms with Gasteiger partial charge in [0.2, 0.25) is 5.88 Å². The SMILES string of the molecule is CCc1ccc(Oc2cc(Cl)nc(SC)n2)c(OC)c1. The average molecular weight is 311 g/mol. The van der Waals surface area contributed by atoms with Crippen molar-refractivity contribution < 1.29 is 9.47 Å². The molecule has 0 aliphatic rings. The Morgan fingerprint density at radius 2 is 2.00 bits per heavy atom. The van der Waals surface area contributed by atoms with Crippen molar-refractivity contribution in [3.8, 4) is 17.4 Å². The standard InChI is InChI=1S/C14H15ClN2O2S/c1-4-9-5-6-10(11(7-9)18-2)19-13-8-12(15)16-14(17-13)20-3/h5-8H,4H2,1-3H3. The minimum Gasteiger partial charge on any atom is -0.493 e. The molecular weight excluding hydrogens is 296 g/mol. The zero-order valence-corrected chi connectivity index (χ0v) is 13.1. The van der Waals surface area contributed by atoms with E-state index < -0.39 is 0 Å². The number of rotatable bonds is 5. The van der Waals surface area contributed by atoms with Crippen LogP contribution in [0.3, 0.4) is 0 Å². The number of hydrogen-bond acceptors (Lipinski definition) is 5. The Hall–Kier alpha value is -1.46. The molecule has 106 valence electrons. The highest BCUT2D eigenvalue weighted by atomic mass is 35.5. The van der Waals surface area contributed by atoms with E-state index in [2.05, 4.69) is 16.9 Å². The smallest absolute Gasteiger partial charge is 0.224 e. The van der Waals surface area contributed by atoms with Crippen LogP contribution in [0.15, 0.2) is 29.4 Å². The van der Waals surface area contributed by atoms with Crippen LogP contribution >= 0.6 is 23.4 Å². The van der Waals surface area contributed by atoms with Gasteiger partial charge in [-0.1, -0.05) is 36.4 Å². The van der Waals surface area contributed by atoms with Gasteiger partial charge in [-0.25, -0.2) is 4.98 Å². The highest BCUT2D eigenvalue weighted by Gasteiger charge is 2.09. The number of aryl methyl sites for hydroxylation is 1. The zero-order chi connectivity index (χ0) is 14.5. The fraction of sp³-hybridized carbons (Fsp3) is 0.286. The molecule has 4 nitrogen and oxygen atoms in total.